The van der Waals surface area contributed by atoms with Gasteiger partial charge in [-0.05, 0) is 26.0 Å². The van der Waals surface area contributed by atoms with Gasteiger partial charge < -0.3 is 9.55 Å². The average Bonchev–Trinajstić information content (AvgIpc) is 2.88. The topological polar surface area (TPSA) is 62.7 Å². The standard InChI is InChI=1S/C12H16N4O/c1-9-3-4-10(2)16(9)8-5-11(17)15-12-13-6-7-14-12/h3-4,6-7H,5,8H2,1-2H3,(H2,13,14,15,17). The molecule has 0 radical (unpaired) electrons. The number of anilines is 1. The lowest BCUT2D eigenvalue weighted by atomic mass is 10.3. The fourth-order valence-electron chi connectivity index (χ4n) is 1.79. The van der Waals surface area contributed by atoms with Crippen molar-refractivity contribution in [3.63, 3.8) is 0 Å². The van der Waals surface area contributed by atoms with Crippen LogP contribution in [0.1, 0.15) is 17.8 Å². The summed E-state index contributed by atoms with van der Waals surface area (Å²) in [6.07, 6.45) is 3.72. The Labute approximate surface area is 99.9 Å². The number of hydrogen-bond acceptors (Lipinski definition) is 2. The van der Waals surface area contributed by atoms with Crippen molar-refractivity contribution in [3.8, 4) is 0 Å². The van der Waals surface area contributed by atoms with Gasteiger partial charge in [0.1, 0.15) is 0 Å². The lowest BCUT2D eigenvalue weighted by Crippen LogP contribution is -2.16. The van der Waals surface area contributed by atoms with Crippen LogP contribution >= 0.6 is 0 Å². The second-order valence-electron chi connectivity index (χ2n) is 4.00. The lowest BCUT2D eigenvalue weighted by molar-refractivity contribution is -0.116. The Morgan fingerprint density at radius 2 is 2.12 bits per heavy atom. The number of aryl methyl sites for hydroxylation is 2. The Hall–Kier alpha value is -2.04. The molecule has 1 amide bonds. The van der Waals surface area contributed by atoms with Crippen molar-refractivity contribution >= 4 is 11.9 Å². The Bertz CT molecular complexity index is 479. The number of H-pyrrole nitrogens is 1. The number of aromatic amines is 1. The van der Waals surface area contributed by atoms with Gasteiger partial charge in [-0.15, -0.1) is 0 Å². The molecule has 90 valence electrons. The molecule has 2 rings (SSSR count). The second kappa shape index (κ2) is 4.86. The molecular weight excluding hydrogens is 216 g/mol. The van der Waals surface area contributed by atoms with Gasteiger partial charge in [-0.3, -0.25) is 10.1 Å². The molecule has 0 aromatic carbocycles. The molecule has 0 aliphatic carbocycles. The molecule has 2 heterocycles. The molecule has 5 heteroatoms. The molecule has 2 aromatic rings. The predicted octanol–water partition coefficient (Wildman–Crippen LogP) is 1.86. The molecule has 0 saturated carbocycles. The van der Waals surface area contributed by atoms with Gasteiger partial charge >= 0.3 is 0 Å². The van der Waals surface area contributed by atoms with E-state index in [9.17, 15) is 4.79 Å². The van der Waals surface area contributed by atoms with Crippen molar-refractivity contribution in [1.82, 2.24) is 14.5 Å². The van der Waals surface area contributed by atoms with E-state index >= 15 is 0 Å². The highest BCUT2D eigenvalue weighted by Gasteiger charge is 2.06. The van der Waals surface area contributed by atoms with Crippen molar-refractivity contribution in [2.45, 2.75) is 26.8 Å². The van der Waals surface area contributed by atoms with Crippen molar-refractivity contribution in [3.05, 3.63) is 35.9 Å². The quantitative estimate of drug-likeness (QED) is 0.845. The van der Waals surface area contributed by atoms with E-state index in [0.717, 1.165) is 0 Å². The number of carbonyl (C=O) groups is 1. The normalized spacial score (nSPS) is 10.5. The first-order chi connectivity index (χ1) is 8.16. The molecule has 17 heavy (non-hydrogen) atoms. The van der Waals surface area contributed by atoms with E-state index in [1.54, 1.807) is 12.4 Å². The van der Waals surface area contributed by atoms with Crippen molar-refractivity contribution in [2.24, 2.45) is 0 Å². The lowest BCUT2D eigenvalue weighted by Gasteiger charge is -2.08. The fraction of sp³-hybridized carbons (Fsp3) is 0.333. The minimum atomic E-state index is -0.0348. The number of aromatic nitrogens is 3. The molecule has 0 spiro atoms. The number of rotatable bonds is 4. The first-order valence-electron chi connectivity index (χ1n) is 5.59. The summed E-state index contributed by atoms with van der Waals surface area (Å²) < 4.78 is 2.13. The summed E-state index contributed by atoms with van der Waals surface area (Å²) in [4.78, 5) is 18.4. The van der Waals surface area contributed by atoms with E-state index in [1.807, 2.05) is 13.8 Å². The van der Waals surface area contributed by atoms with Crippen LogP contribution in [0.2, 0.25) is 0 Å². The predicted molar refractivity (Wildman–Crippen MR) is 65.7 cm³/mol. The summed E-state index contributed by atoms with van der Waals surface area (Å²) in [6.45, 7) is 4.77. The molecule has 0 bridgehead atoms. The third kappa shape index (κ3) is 2.75. The number of amides is 1. The summed E-state index contributed by atoms with van der Waals surface area (Å²) in [5.74, 6) is 0.461. The molecule has 0 unspecified atom stereocenters. The van der Waals surface area contributed by atoms with E-state index in [-0.39, 0.29) is 5.91 Å². The first kappa shape index (κ1) is 11.4. The maximum Gasteiger partial charge on any atom is 0.228 e. The molecule has 0 aliphatic heterocycles. The van der Waals surface area contributed by atoms with E-state index in [4.69, 9.17) is 0 Å². The van der Waals surface area contributed by atoms with Crippen molar-refractivity contribution in [1.29, 1.82) is 0 Å². The van der Waals surface area contributed by atoms with Gasteiger partial charge in [-0.2, -0.15) is 0 Å². The maximum absolute atomic E-state index is 11.6. The Morgan fingerprint density at radius 1 is 1.41 bits per heavy atom. The minimum Gasteiger partial charge on any atom is -0.349 e. The summed E-state index contributed by atoms with van der Waals surface area (Å²) in [6, 6.07) is 4.11. The third-order valence-corrected chi connectivity index (χ3v) is 2.74. The van der Waals surface area contributed by atoms with Crippen LogP contribution in [0, 0.1) is 13.8 Å². The second-order valence-corrected chi connectivity index (χ2v) is 4.00. The number of nitrogens with one attached hydrogen (secondary N) is 2. The molecule has 5 nitrogen and oxygen atoms in total. The highest BCUT2D eigenvalue weighted by molar-refractivity contribution is 5.88. The van der Waals surface area contributed by atoms with Gasteiger partial charge in [0.15, 0.2) is 0 Å². The van der Waals surface area contributed by atoms with Crippen molar-refractivity contribution < 1.29 is 4.79 Å². The molecule has 0 atom stereocenters. The van der Waals surface area contributed by atoms with Gasteiger partial charge in [-0.25, -0.2) is 4.98 Å². The van der Waals surface area contributed by atoms with Crippen molar-refractivity contribution in [2.75, 3.05) is 5.32 Å². The van der Waals surface area contributed by atoms with Crippen LogP contribution in [0.5, 0.6) is 0 Å². The number of imidazole rings is 1. The van der Waals surface area contributed by atoms with Crippen LogP contribution in [0.4, 0.5) is 5.95 Å². The molecule has 0 saturated heterocycles. The SMILES string of the molecule is Cc1ccc(C)n1CCC(=O)Nc1ncc[nH]1. The highest BCUT2D eigenvalue weighted by Crippen LogP contribution is 2.08. The van der Waals surface area contributed by atoms with Gasteiger partial charge in [0.25, 0.3) is 0 Å². The fourth-order valence-corrected chi connectivity index (χ4v) is 1.79. The van der Waals surface area contributed by atoms with Crippen LogP contribution in [-0.4, -0.2) is 20.4 Å². The zero-order chi connectivity index (χ0) is 12.3. The molecule has 2 aromatic heterocycles. The Kier molecular flexibility index (Phi) is 3.27. The number of nitrogens with zero attached hydrogens (tertiary/aromatic N) is 2. The van der Waals surface area contributed by atoms with Gasteiger partial charge in [0.05, 0.1) is 0 Å². The number of hydrogen-bond donors (Lipinski definition) is 2. The van der Waals surface area contributed by atoms with Gasteiger partial charge in [-0.1, -0.05) is 0 Å². The number of carbonyl (C=O) groups excluding carboxylic acids is 1. The van der Waals surface area contributed by atoms with Crippen LogP contribution < -0.4 is 5.32 Å². The van der Waals surface area contributed by atoms with Gasteiger partial charge in [0.2, 0.25) is 11.9 Å². The molecule has 0 fully saturated rings. The van der Waals surface area contributed by atoms with E-state index < -0.39 is 0 Å². The third-order valence-electron chi connectivity index (χ3n) is 2.74. The zero-order valence-electron chi connectivity index (χ0n) is 10.0. The summed E-state index contributed by atoms with van der Waals surface area (Å²) in [5, 5.41) is 2.70. The summed E-state index contributed by atoms with van der Waals surface area (Å²) in [7, 11) is 0. The first-order valence-corrected chi connectivity index (χ1v) is 5.59. The maximum atomic E-state index is 11.6. The molecular formula is C12H16N4O. The largest absolute Gasteiger partial charge is 0.349 e. The monoisotopic (exact) mass is 232 g/mol. The van der Waals surface area contributed by atoms with E-state index in [0.29, 0.717) is 18.9 Å². The van der Waals surface area contributed by atoms with Crippen LogP contribution in [0.25, 0.3) is 0 Å². The molecule has 0 aliphatic rings. The van der Waals surface area contributed by atoms with Crippen LogP contribution in [-0.2, 0) is 11.3 Å². The Morgan fingerprint density at radius 3 is 2.71 bits per heavy atom. The van der Waals surface area contributed by atoms with E-state index in [2.05, 4.69) is 32.0 Å². The van der Waals surface area contributed by atoms with Gasteiger partial charge in [0, 0.05) is 36.7 Å². The summed E-state index contributed by atoms with van der Waals surface area (Å²) in [5.41, 5.74) is 2.35. The average molecular weight is 232 g/mol. The minimum absolute atomic E-state index is 0.0348. The zero-order valence-corrected chi connectivity index (χ0v) is 10.0. The van der Waals surface area contributed by atoms with Crippen LogP contribution in [0.3, 0.4) is 0 Å². The summed E-state index contributed by atoms with van der Waals surface area (Å²) >= 11 is 0. The smallest absolute Gasteiger partial charge is 0.228 e. The highest BCUT2D eigenvalue weighted by atomic mass is 16.1. The Balaban J connectivity index is 1.88. The van der Waals surface area contributed by atoms with E-state index in [1.165, 1.54) is 11.4 Å². The molecule has 2 N–H and O–H groups in total. The van der Waals surface area contributed by atoms with Crippen LogP contribution in [0.15, 0.2) is 24.5 Å².